The molecule has 0 aliphatic carbocycles. The number of anilines is 1. The van der Waals surface area contributed by atoms with E-state index in [0.29, 0.717) is 12.4 Å². The Bertz CT molecular complexity index is 386. The third-order valence-corrected chi connectivity index (χ3v) is 1.83. The van der Waals surface area contributed by atoms with Crippen molar-refractivity contribution in [2.75, 3.05) is 12.3 Å². The van der Waals surface area contributed by atoms with Crippen LogP contribution < -0.4 is 5.73 Å². The Labute approximate surface area is 88.8 Å². The summed E-state index contributed by atoms with van der Waals surface area (Å²) < 4.78 is 4.76. The van der Waals surface area contributed by atoms with Crippen molar-refractivity contribution < 1.29 is 9.53 Å². The molecule has 1 heterocycles. The van der Waals surface area contributed by atoms with Crippen molar-refractivity contribution in [1.29, 1.82) is 0 Å². The summed E-state index contributed by atoms with van der Waals surface area (Å²) in [6, 6.07) is 3.51. The number of rotatable bonds is 3. The van der Waals surface area contributed by atoms with E-state index in [1.807, 2.05) is 13.0 Å². The van der Waals surface area contributed by atoms with E-state index in [1.54, 1.807) is 19.1 Å². The average Bonchev–Trinajstić information content (AvgIpc) is 2.17. The van der Waals surface area contributed by atoms with Gasteiger partial charge in [0.05, 0.1) is 6.61 Å². The topological polar surface area (TPSA) is 65.2 Å². The zero-order valence-corrected chi connectivity index (χ0v) is 8.86. The Morgan fingerprint density at radius 1 is 1.60 bits per heavy atom. The summed E-state index contributed by atoms with van der Waals surface area (Å²) in [5.41, 5.74) is 7.15. The molecule has 1 aromatic heterocycles. The third-order valence-electron chi connectivity index (χ3n) is 1.83. The molecule has 0 saturated heterocycles. The van der Waals surface area contributed by atoms with E-state index in [9.17, 15) is 4.79 Å². The lowest BCUT2D eigenvalue weighted by atomic mass is 10.2. The monoisotopic (exact) mass is 206 g/mol. The highest BCUT2D eigenvalue weighted by molar-refractivity contribution is 5.87. The summed E-state index contributed by atoms with van der Waals surface area (Å²) in [5, 5.41) is 0. The molecule has 0 saturated carbocycles. The summed E-state index contributed by atoms with van der Waals surface area (Å²) >= 11 is 0. The lowest BCUT2D eigenvalue weighted by molar-refractivity contribution is -0.137. The van der Waals surface area contributed by atoms with Crippen LogP contribution in [0.2, 0.25) is 0 Å². The SMILES string of the molecule is CCOC(=O)/C=C/c1ccc(N)nc1C. The number of pyridine rings is 1. The molecule has 0 spiro atoms. The minimum absolute atomic E-state index is 0.353. The van der Waals surface area contributed by atoms with Gasteiger partial charge in [0, 0.05) is 11.8 Å². The Kier molecular flexibility index (Phi) is 3.85. The predicted octanol–water partition coefficient (Wildman–Crippen LogP) is 1.55. The Hall–Kier alpha value is -1.84. The van der Waals surface area contributed by atoms with Crippen molar-refractivity contribution in [1.82, 2.24) is 4.98 Å². The van der Waals surface area contributed by atoms with E-state index in [2.05, 4.69) is 4.98 Å². The minimum Gasteiger partial charge on any atom is -0.463 e. The van der Waals surface area contributed by atoms with Crippen molar-refractivity contribution >= 4 is 17.9 Å². The van der Waals surface area contributed by atoms with Gasteiger partial charge in [-0.2, -0.15) is 0 Å². The van der Waals surface area contributed by atoms with Crippen molar-refractivity contribution in [2.45, 2.75) is 13.8 Å². The number of ether oxygens (including phenoxy) is 1. The summed E-state index contributed by atoms with van der Waals surface area (Å²) in [6.07, 6.45) is 3.05. The highest BCUT2D eigenvalue weighted by atomic mass is 16.5. The predicted molar refractivity (Wildman–Crippen MR) is 59.1 cm³/mol. The summed E-state index contributed by atoms with van der Waals surface area (Å²) in [5.74, 6) is 0.120. The van der Waals surface area contributed by atoms with Crippen LogP contribution in [0.4, 0.5) is 5.82 Å². The smallest absolute Gasteiger partial charge is 0.330 e. The van der Waals surface area contributed by atoms with Gasteiger partial charge in [-0.3, -0.25) is 0 Å². The molecule has 0 atom stereocenters. The van der Waals surface area contributed by atoms with Gasteiger partial charge >= 0.3 is 5.97 Å². The lowest BCUT2D eigenvalue weighted by Crippen LogP contribution is -1.99. The number of nitrogens with two attached hydrogens (primary N) is 1. The molecule has 0 bridgehead atoms. The van der Waals surface area contributed by atoms with E-state index < -0.39 is 0 Å². The molecule has 15 heavy (non-hydrogen) atoms. The number of carbonyl (C=O) groups excluding carboxylic acids is 1. The maximum atomic E-state index is 11.0. The van der Waals surface area contributed by atoms with Crippen molar-refractivity contribution in [3.8, 4) is 0 Å². The Morgan fingerprint density at radius 3 is 2.93 bits per heavy atom. The summed E-state index contributed by atoms with van der Waals surface area (Å²) in [6.45, 7) is 3.98. The van der Waals surface area contributed by atoms with Crippen LogP contribution in [0.1, 0.15) is 18.2 Å². The molecule has 0 fully saturated rings. The van der Waals surface area contributed by atoms with E-state index in [4.69, 9.17) is 10.5 Å². The molecule has 4 heteroatoms. The molecule has 1 rings (SSSR count). The number of aryl methyl sites for hydroxylation is 1. The number of carbonyl (C=O) groups is 1. The number of hydrogen-bond acceptors (Lipinski definition) is 4. The van der Waals surface area contributed by atoms with Gasteiger partial charge < -0.3 is 10.5 Å². The van der Waals surface area contributed by atoms with Gasteiger partial charge in [-0.25, -0.2) is 9.78 Å². The molecule has 0 radical (unpaired) electrons. The fraction of sp³-hybridized carbons (Fsp3) is 0.273. The summed E-state index contributed by atoms with van der Waals surface area (Å²) in [7, 11) is 0. The quantitative estimate of drug-likeness (QED) is 0.602. The zero-order valence-electron chi connectivity index (χ0n) is 8.86. The van der Waals surface area contributed by atoms with Gasteiger partial charge in [0.25, 0.3) is 0 Å². The standard InChI is InChI=1S/C11H14N2O2/c1-3-15-11(14)7-5-9-4-6-10(12)13-8(9)2/h4-7H,3H2,1-2H3,(H2,12,13)/b7-5+. The second-order valence-corrected chi connectivity index (χ2v) is 3.00. The highest BCUT2D eigenvalue weighted by Gasteiger charge is 1.98. The molecule has 2 N–H and O–H groups in total. The fourth-order valence-corrected chi connectivity index (χ4v) is 1.12. The van der Waals surface area contributed by atoms with Crippen LogP contribution in [0, 0.1) is 6.92 Å². The highest BCUT2D eigenvalue weighted by Crippen LogP contribution is 2.09. The van der Waals surface area contributed by atoms with E-state index in [-0.39, 0.29) is 5.97 Å². The molecular formula is C11H14N2O2. The number of esters is 1. The minimum atomic E-state index is -0.353. The molecule has 0 unspecified atom stereocenters. The number of aromatic nitrogens is 1. The molecule has 80 valence electrons. The zero-order chi connectivity index (χ0) is 11.3. The molecule has 0 amide bonds. The first kappa shape index (κ1) is 11.2. The van der Waals surface area contributed by atoms with Gasteiger partial charge in [0.15, 0.2) is 0 Å². The van der Waals surface area contributed by atoms with Gasteiger partial charge in [-0.05, 0) is 37.6 Å². The first-order valence-corrected chi connectivity index (χ1v) is 4.71. The van der Waals surface area contributed by atoms with Gasteiger partial charge in [-0.1, -0.05) is 0 Å². The maximum absolute atomic E-state index is 11.0. The van der Waals surface area contributed by atoms with Crippen molar-refractivity contribution in [3.05, 3.63) is 29.5 Å². The molecule has 0 aliphatic heterocycles. The molecule has 1 aromatic rings. The Morgan fingerprint density at radius 2 is 2.33 bits per heavy atom. The third kappa shape index (κ3) is 3.42. The van der Waals surface area contributed by atoms with Gasteiger partial charge in [0.2, 0.25) is 0 Å². The van der Waals surface area contributed by atoms with Crippen LogP contribution in [0.3, 0.4) is 0 Å². The largest absolute Gasteiger partial charge is 0.463 e. The molecule has 0 aliphatic rings. The van der Waals surface area contributed by atoms with Gasteiger partial charge in [-0.15, -0.1) is 0 Å². The van der Waals surface area contributed by atoms with Crippen LogP contribution >= 0.6 is 0 Å². The number of nitrogens with zero attached hydrogens (tertiary/aromatic N) is 1. The molecule has 4 nitrogen and oxygen atoms in total. The normalized spacial score (nSPS) is 10.5. The van der Waals surface area contributed by atoms with E-state index in [0.717, 1.165) is 11.3 Å². The van der Waals surface area contributed by atoms with Crippen LogP contribution in [0.15, 0.2) is 18.2 Å². The molecule has 0 aromatic carbocycles. The number of nitrogen functional groups attached to an aromatic ring is 1. The molecular weight excluding hydrogens is 192 g/mol. The van der Waals surface area contributed by atoms with Crippen LogP contribution in [0.5, 0.6) is 0 Å². The van der Waals surface area contributed by atoms with Crippen LogP contribution in [-0.4, -0.2) is 17.6 Å². The van der Waals surface area contributed by atoms with Crippen molar-refractivity contribution in [3.63, 3.8) is 0 Å². The van der Waals surface area contributed by atoms with Crippen molar-refractivity contribution in [2.24, 2.45) is 0 Å². The van der Waals surface area contributed by atoms with E-state index in [1.165, 1.54) is 6.08 Å². The first-order valence-electron chi connectivity index (χ1n) is 4.71. The second-order valence-electron chi connectivity index (χ2n) is 3.00. The van der Waals surface area contributed by atoms with Crippen LogP contribution in [0.25, 0.3) is 6.08 Å². The van der Waals surface area contributed by atoms with Gasteiger partial charge in [0.1, 0.15) is 5.82 Å². The number of hydrogen-bond donors (Lipinski definition) is 1. The van der Waals surface area contributed by atoms with Crippen LogP contribution in [-0.2, 0) is 9.53 Å². The second kappa shape index (κ2) is 5.14. The van der Waals surface area contributed by atoms with E-state index >= 15 is 0 Å². The maximum Gasteiger partial charge on any atom is 0.330 e. The first-order chi connectivity index (χ1) is 7.13. The average molecular weight is 206 g/mol. The summed E-state index contributed by atoms with van der Waals surface area (Å²) in [4.78, 5) is 15.1. The fourth-order valence-electron chi connectivity index (χ4n) is 1.12. The lowest BCUT2D eigenvalue weighted by Gasteiger charge is -2.00. The Balaban J connectivity index is 2.76.